The van der Waals surface area contributed by atoms with E-state index >= 15 is 0 Å². The van der Waals surface area contributed by atoms with E-state index in [-0.39, 0.29) is 16.8 Å². The zero-order valence-electron chi connectivity index (χ0n) is 9.74. The lowest BCUT2D eigenvalue weighted by Gasteiger charge is -2.07. The summed E-state index contributed by atoms with van der Waals surface area (Å²) in [5.41, 5.74) is 0.872. The summed E-state index contributed by atoms with van der Waals surface area (Å²) in [4.78, 5) is 26.9. The number of carbonyl (C=O) groups excluding carboxylic acids is 1. The normalized spacial score (nSPS) is 10.7. The number of fused-ring (bicyclic) bond motifs is 1. The fourth-order valence-electron chi connectivity index (χ4n) is 1.79. The van der Waals surface area contributed by atoms with Crippen LogP contribution in [0.15, 0.2) is 34.1 Å². The van der Waals surface area contributed by atoms with Crippen molar-refractivity contribution >= 4 is 28.4 Å². The monoisotopic (exact) mass is 247 g/mol. The van der Waals surface area contributed by atoms with Crippen molar-refractivity contribution in [2.75, 3.05) is 5.75 Å². The Morgan fingerprint density at radius 2 is 2.06 bits per heavy atom. The number of aromatic amines is 1. The van der Waals surface area contributed by atoms with Crippen molar-refractivity contribution in [2.24, 2.45) is 0 Å². The minimum absolute atomic E-state index is 0.178. The van der Waals surface area contributed by atoms with Crippen LogP contribution in [0.5, 0.6) is 0 Å². The van der Waals surface area contributed by atoms with Gasteiger partial charge in [0, 0.05) is 5.39 Å². The number of H-pyrrole nitrogens is 1. The molecule has 17 heavy (non-hydrogen) atoms. The van der Waals surface area contributed by atoms with E-state index in [1.165, 1.54) is 18.7 Å². The number of thioether (sulfide) groups is 1. The van der Waals surface area contributed by atoms with Crippen molar-refractivity contribution in [3.05, 3.63) is 40.1 Å². The summed E-state index contributed by atoms with van der Waals surface area (Å²) in [5, 5.41) is 1.24. The Kier molecular flexibility index (Phi) is 3.33. The molecule has 0 atom stereocenters. The Balaban J connectivity index is 2.84. The van der Waals surface area contributed by atoms with Crippen LogP contribution in [-0.2, 0) is 0 Å². The van der Waals surface area contributed by atoms with Gasteiger partial charge in [-0.1, -0.05) is 19.1 Å². The maximum absolute atomic E-state index is 12.2. The van der Waals surface area contributed by atoms with Gasteiger partial charge in [0.05, 0.1) is 16.1 Å². The SMILES string of the molecule is CCSc1[nH]c2ccccc2c(=O)c1C(C)=O. The number of hydrogen-bond acceptors (Lipinski definition) is 3. The van der Waals surface area contributed by atoms with E-state index in [4.69, 9.17) is 0 Å². The lowest BCUT2D eigenvalue weighted by atomic mass is 10.1. The summed E-state index contributed by atoms with van der Waals surface area (Å²) in [6.45, 7) is 3.42. The summed E-state index contributed by atoms with van der Waals surface area (Å²) in [6.07, 6.45) is 0. The average molecular weight is 247 g/mol. The zero-order chi connectivity index (χ0) is 12.4. The van der Waals surface area contributed by atoms with Crippen molar-refractivity contribution in [1.29, 1.82) is 0 Å². The highest BCUT2D eigenvalue weighted by Crippen LogP contribution is 2.21. The molecule has 1 heterocycles. The summed E-state index contributed by atoms with van der Waals surface area (Å²) < 4.78 is 0. The van der Waals surface area contributed by atoms with E-state index in [1.54, 1.807) is 12.1 Å². The highest BCUT2D eigenvalue weighted by Gasteiger charge is 2.15. The molecule has 0 bridgehead atoms. The van der Waals surface area contributed by atoms with Crippen LogP contribution in [-0.4, -0.2) is 16.5 Å². The smallest absolute Gasteiger partial charge is 0.201 e. The number of pyridine rings is 1. The second kappa shape index (κ2) is 4.75. The predicted octanol–water partition coefficient (Wildman–Crippen LogP) is 2.84. The van der Waals surface area contributed by atoms with Gasteiger partial charge >= 0.3 is 0 Å². The third-order valence-corrected chi connectivity index (χ3v) is 3.40. The molecule has 0 radical (unpaired) electrons. The Morgan fingerprint density at radius 3 is 2.71 bits per heavy atom. The van der Waals surface area contributed by atoms with Crippen molar-refractivity contribution < 1.29 is 4.79 Å². The quantitative estimate of drug-likeness (QED) is 0.670. The third-order valence-electron chi connectivity index (χ3n) is 2.51. The first-order chi connectivity index (χ1) is 8.15. The molecule has 0 unspecified atom stereocenters. The lowest BCUT2D eigenvalue weighted by molar-refractivity contribution is 0.101. The van der Waals surface area contributed by atoms with Gasteiger partial charge in [0.25, 0.3) is 0 Å². The van der Waals surface area contributed by atoms with E-state index in [0.29, 0.717) is 10.4 Å². The second-order valence-electron chi connectivity index (χ2n) is 3.69. The van der Waals surface area contributed by atoms with Crippen LogP contribution < -0.4 is 5.43 Å². The van der Waals surface area contributed by atoms with E-state index in [0.717, 1.165) is 11.3 Å². The van der Waals surface area contributed by atoms with Gasteiger partial charge in [-0.2, -0.15) is 0 Å². The molecule has 0 saturated heterocycles. The summed E-state index contributed by atoms with van der Waals surface area (Å²) in [6, 6.07) is 7.25. The highest BCUT2D eigenvalue weighted by atomic mass is 32.2. The molecule has 1 N–H and O–H groups in total. The van der Waals surface area contributed by atoms with E-state index in [9.17, 15) is 9.59 Å². The van der Waals surface area contributed by atoms with Crippen LogP contribution in [0.3, 0.4) is 0 Å². The van der Waals surface area contributed by atoms with E-state index in [1.807, 2.05) is 19.1 Å². The number of rotatable bonds is 3. The van der Waals surface area contributed by atoms with Crippen LogP contribution in [0.4, 0.5) is 0 Å². The van der Waals surface area contributed by atoms with Gasteiger partial charge in [-0.25, -0.2) is 0 Å². The first kappa shape index (κ1) is 11.9. The van der Waals surface area contributed by atoms with Gasteiger partial charge in [-0.05, 0) is 24.8 Å². The largest absolute Gasteiger partial charge is 0.349 e. The topological polar surface area (TPSA) is 49.9 Å². The molecule has 0 amide bonds. The molecule has 2 aromatic rings. The number of Topliss-reactive ketones (excluding diaryl/α,β-unsaturated/α-hetero) is 1. The lowest BCUT2D eigenvalue weighted by Crippen LogP contribution is -2.16. The van der Waals surface area contributed by atoms with E-state index < -0.39 is 0 Å². The van der Waals surface area contributed by atoms with Gasteiger partial charge in [-0.15, -0.1) is 11.8 Å². The number of carbonyl (C=O) groups is 1. The molecule has 1 aromatic carbocycles. The van der Waals surface area contributed by atoms with Crippen LogP contribution in [0.25, 0.3) is 10.9 Å². The Hall–Kier alpha value is -1.55. The van der Waals surface area contributed by atoms with Crippen LogP contribution in [0, 0.1) is 0 Å². The molecule has 0 spiro atoms. The number of ketones is 1. The Bertz CT molecular complexity index is 631. The van der Waals surface area contributed by atoms with Gasteiger partial charge in [0.15, 0.2) is 5.78 Å². The van der Waals surface area contributed by atoms with Gasteiger partial charge in [0.1, 0.15) is 0 Å². The molecular formula is C13H13NO2S. The number of nitrogens with one attached hydrogen (secondary N) is 1. The molecule has 3 nitrogen and oxygen atoms in total. The van der Waals surface area contributed by atoms with Crippen LogP contribution in [0.1, 0.15) is 24.2 Å². The molecule has 2 rings (SSSR count). The molecule has 4 heteroatoms. The summed E-state index contributed by atoms with van der Waals surface area (Å²) >= 11 is 1.48. The van der Waals surface area contributed by atoms with Crippen molar-refractivity contribution in [1.82, 2.24) is 4.98 Å². The molecule has 0 saturated carbocycles. The fraction of sp³-hybridized carbons (Fsp3) is 0.231. The average Bonchev–Trinajstić information content (AvgIpc) is 2.29. The second-order valence-corrected chi connectivity index (χ2v) is 4.97. The molecular weight excluding hydrogens is 234 g/mol. The Morgan fingerprint density at radius 1 is 1.35 bits per heavy atom. The fourth-order valence-corrected chi connectivity index (χ4v) is 2.64. The zero-order valence-corrected chi connectivity index (χ0v) is 10.6. The van der Waals surface area contributed by atoms with Crippen molar-refractivity contribution in [3.8, 4) is 0 Å². The third kappa shape index (κ3) is 2.13. The van der Waals surface area contributed by atoms with E-state index in [2.05, 4.69) is 4.98 Å². The summed E-state index contributed by atoms with van der Waals surface area (Å²) in [5.74, 6) is 0.627. The number of benzene rings is 1. The van der Waals surface area contributed by atoms with Gasteiger partial charge < -0.3 is 4.98 Å². The molecule has 0 aliphatic heterocycles. The molecule has 1 aromatic heterocycles. The molecule has 0 aliphatic rings. The summed E-state index contributed by atoms with van der Waals surface area (Å²) in [7, 11) is 0. The van der Waals surface area contributed by atoms with Gasteiger partial charge in [-0.3, -0.25) is 9.59 Å². The maximum atomic E-state index is 12.2. The predicted molar refractivity (Wildman–Crippen MR) is 71.0 cm³/mol. The highest BCUT2D eigenvalue weighted by molar-refractivity contribution is 7.99. The van der Waals surface area contributed by atoms with Crippen molar-refractivity contribution in [3.63, 3.8) is 0 Å². The minimum atomic E-state index is -0.187. The first-order valence-electron chi connectivity index (χ1n) is 5.44. The number of para-hydroxylation sites is 1. The molecule has 0 aliphatic carbocycles. The minimum Gasteiger partial charge on any atom is -0.349 e. The van der Waals surface area contributed by atoms with Crippen LogP contribution >= 0.6 is 11.8 Å². The van der Waals surface area contributed by atoms with Crippen molar-refractivity contribution in [2.45, 2.75) is 18.9 Å². The Labute approximate surface area is 103 Å². The number of hydrogen-bond donors (Lipinski definition) is 1. The number of aromatic nitrogens is 1. The molecule has 88 valence electrons. The maximum Gasteiger partial charge on any atom is 0.201 e. The first-order valence-corrected chi connectivity index (χ1v) is 6.42. The standard InChI is InChI=1S/C13H13NO2S/c1-3-17-13-11(8(2)15)12(16)9-6-4-5-7-10(9)14-13/h4-7H,3H2,1-2H3,(H,14,16). The van der Waals surface area contributed by atoms with Crippen LogP contribution in [0.2, 0.25) is 0 Å². The molecule has 0 fully saturated rings. The van der Waals surface area contributed by atoms with Gasteiger partial charge in [0.2, 0.25) is 5.43 Å².